The lowest BCUT2D eigenvalue weighted by molar-refractivity contribution is 0.285. The summed E-state index contributed by atoms with van der Waals surface area (Å²) in [5.41, 5.74) is 3.79. The molecule has 1 rings (SSSR count). The zero-order chi connectivity index (χ0) is 9.84. The maximum Gasteiger partial charge on any atom is 0.165 e. The number of hydrazine groups is 1. The van der Waals surface area contributed by atoms with E-state index in [2.05, 4.69) is 5.43 Å². The first kappa shape index (κ1) is 9.95. The quantitative estimate of drug-likeness (QED) is 0.690. The molecule has 0 bridgehead atoms. The number of phenols is 1. The molecule has 2 N–H and O–H groups in total. The van der Waals surface area contributed by atoms with Gasteiger partial charge in [0.15, 0.2) is 11.6 Å². The molecule has 13 heavy (non-hydrogen) atoms. The molecular weight excluding hydrogens is 171 g/mol. The fourth-order valence-corrected chi connectivity index (χ4v) is 0.910. The van der Waals surface area contributed by atoms with Gasteiger partial charge in [-0.2, -0.15) is 0 Å². The summed E-state index contributed by atoms with van der Waals surface area (Å²) in [5, 5.41) is 10.7. The molecular formula is C9H13FN2O. The lowest BCUT2D eigenvalue weighted by atomic mass is 10.2. The van der Waals surface area contributed by atoms with Crippen LogP contribution in [0.3, 0.4) is 0 Å². The summed E-state index contributed by atoms with van der Waals surface area (Å²) in [7, 11) is 3.72. The van der Waals surface area contributed by atoms with Crippen molar-refractivity contribution >= 4 is 0 Å². The van der Waals surface area contributed by atoms with Crippen molar-refractivity contribution < 1.29 is 9.50 Å². The molecule has 0 aliphatic heterocycles. The normalized spacial score (nSPS) is 10.8. The van der Waals surface area contributed by atoms with E-state index in [1.807, 2.05) is 14.1 Å². The number of hydrogen-bond donors (Lipinski definition) is 2. The first-order chi connectivity index (χ1) is 6.09. The van der Waals surface area contributed by atoms with E-state index in [1.165, 1.54) is 12.1 Å². The van der Waals surface area contributed by atoms with Gasteiger partial charge in [-0.15, -0.1) is 0 Å². The standard InChI is InChI=1S/C9H13FN2O/c1-12(2)11-6-7-3-4-9(13)8(10)5-7/h3-5,11,13H,6H2,1-2H3. The van der Waals surface area contributed by atoms with Gasteiger partial charge in [-0.3, -0.25) is 10.4 Å². The third-order valence-electron chi connectivity index (χ3n) is 1.61. The largest absolute Gasteiger partial charge is 0.505 e. The van der Waals surface area contributed by atoms with E-state index in [4.69, 9.17) is 5.11 Å². The molecule has 0 fully saturated rings. The molecule has 0 aliphatic carbocycles. The molecule has 72 valence electrons. The van der Waals surface area contributed by atoms with Gasteiger partial charge in [0.25, 0.3) is 0 Å². The Bertz CT molecular complexity index is 289. The second-order valence-corrected chi connectivity index (χ2v) is 3.02. The Hall–Kier alpha value is -1.13. The SMILES string of the molecule is CN(C)NCc1ccc(O)c(F)c1. The van der Waals surface area contributed by atoms with Crippen LogP contribution in [0.15, 0.2) is 18.2 Å². The molecule has 0 saturated carbocycles. The van der Waals surface area contributed by atoms with Crippen LogP contribution >= 0.6 is 0 Å². The van der Waals surface area contributed by atoms with Crippen LogP contribution < -0.4 is 5.43 Å². The first-order valence-corrected chi connectivity index (χ1v) is 3.98. The Kier molecular flexibility index (Phi) is 3.22. The number of phenolic OH excluding ortho intramolecular Hbond substituents is 1. The van der Waals surface area contributed by atoms with Crippen LogP contribution in [-0.2, 0) is 6.54 Å². The van der Waals surface area contributed by atoms with Gasteiger partial charge in [-0.25, -0.2) is 4.39 Å². The van der Waals surface area contributed by atoms with Crippen molar-refractivity contribution in [3.8, 4) is 5.75 Å². The number of aromatic hydroxyl groups is 1. The summed E-state index contributed by atoms with van der Waals surface area (Å²) < 4.78 is 12.8. The van der Waals surface area contributed by atoms with E-state index in [0.717, 1.165) is 5.56 Å². The van der Waals surface area contributed by atoms with Crippen LogP contribution in [0.5, 0.6) is 5.75 Å². The Morgan fingerprint density at radius 2 is 2.15 bits per heavy atom. The highest BCUT2D eigenvalue weighted by Crippen LogP contribution is 2.15. The molecule has 0 aliphatic rings. The van der Waals surface area contributed by atoms with Crippen LogP contribution in [-0.4, -0.2) is 24.2 Å². The first-order valence-electron chi connectivity index (χ1n) is 3.98. The van der Waals surface area contributed by atoms with Gasteiger partial charge in [0.05, 0.1) is 0 Å². The van der Waals surface area contributed by atoms with Crippen LogP contribution in [0, 0.1) is 5.82 Å². The highest BCUT2D eigenvalue weighted by Gasteiger charge is 2.00. The average Bonchev–Trinajstić information content (AvgIpc) is 2.07. The molecule has 4 heteroatoms. The zero-order valence-electron chi connectivity index (χ0n) is 7.71. The minimum Gasteiger partial charge on any atom is -0.505 e. The number of nitrogens with one attached hydrogen (secondary N) is 1. The molecule has 0 radical (unpaired) electrons. The second-order valence-electron chi connectivity index (χ2n) is 3.02. The van der Waals surface area contributed by atoms with E-state index in [0.29, 0.717) is 6.54 Å². The van der Waals surface area contributed by atoms with Crippen molar-refractivity contribution in [2.45, 2.75) is 6.54 Å². The summed E-state index contributed by atoms with van der Waals surface area (Å²) in [4.78, 5) is 0. The van der Waals surface area contributed by atoms with E-state index >= 15 is 0 Å². The van der Waals surface area contributed by atoms with Gasteiger partial charge < -0.3 is 5.11 Å². The highest BCUT2D eigenvalue weighted by atomic mass is 19.1. The molecule has 0 aromatic heterocycles. The lowest BCUT2D eigenvalue weighted by Gasteiger charge is -2.11. The predicted octanol–water partition coefficient (Wildman–Crippen LogP) is 1.10. The van der Waals surface area contributed by atoms with Gasteiger partial charge in [0, 0.05) is 20.6 Å². The van der Waals surface area contributed by atoms with Gasteiger partial charge >= 0.3 is 0 Å². The summed E-state index contributed by atoms with van der Waals surface area (Å²) in [6.07, 6.45) is 0. The zero-order valence-corrected chi connectivity index (χ0v) is 7.71. The molecule has 0 unspecified atom stereocenters. The lowest BCUT2D eigenvalue weighted by Crippen LogP contribution is -2.29. The van der Waals surface area contributed by atoms with Crippen molar-refractivity contribution in [3.05, 3.63) is 29.6 Å². The Balaban J connectivity index is 2.63. The molecule has 0 atom stereocenters. The monoisotopic (exact) mass is 184 g/mol. The molecule has 1 aromatic carbocycles. The van der Waals surface area contributed by atoms with Crippen LogP contribution in [0.2, 0.25) is 0 Å². The molecule has 3 nitrogen and oxygen atoms in total. The smallest absolute Gasteiger partial charge is 0.165 e. The van der Waals surface area contributed by atoms with Gasteiger partial charge in [-0.1, -0.05) is 6.07 Å². The number of nitrogens with zero attached hydrogens (tertiary/aromatic N) is 1. The Labute approximate surface area is 76.8 Å². The molecule has 0 amide bonds. The van der Waals surface area contributed by atoms with Gasteiger partial charge in [-0.05, 0) is 17.7 Å². The predicted molar refractivity (Wildman–Crippen MR) is 48.6 cm³/mol. The number of halogens is 1. The minimum absolute atomic E-state index is 0.311. The minimum atomic E-state index is -0.585. The van der Waals surface area contributed by atoms with Crippen molar-refractivity contribution in [1.29, 1.82) is 0 Å². The molecule has 1 aromatic rings. The summed E-state index contributed by atoms with van der Waals surface area (Å²) in [6, 6.07) is 4.34. The number of benzene rings is 1. The van der Waals surface area contributed by atoms with Crippen molar-refractivity contribution in [3.63, 3.8) is 0 Å². The maximum atomic E-state index is 12.8. The number of rotatable bonds is 3. The van der Waals surface area contributed by atoms with Crippen LogP contribution in [0.25, 0.3) is 0 Å². The van der Waals surface area contributed by atoms with E-state index < -0.39 is 5.82 Å². The van der Waals surface area contributed by atoms with Crippen molar-refractivity contribution in [2.24, 2.45) is 0 Å². The Morgan fingerprint density at radius 1 is 1.46 bits per heavy atom. The third kappa shape index (κ3) is 3.01. The van der Waals surface area contributed by atoms with Gasteiger partial charge in [0.2, 0.25) is 0 Å². The molecule has 0 heterocycles. The summed E-state index contributed by atoms with van der Waals surface area (Å²) in [5.74, 6) is -0.897. The van der Waals surface area contributed by atoms with Gasteiger partial charge in [0.1, 0.15) is 0 Å². The van der Waals surface area contributed by atoms with E-state index in [9.17, 15) is 4.39 Å². The van der Waals surface area contributed by atoms with Crippen molar-refractivity contribution in [2.75, 3.05) is 14.1 Å². The molecule has 0 spiro atoms. The summed E-state index contributed by atoms with van der Waals surface area (Å²) >= 11 is 0. The second kappa shape index (κ2) is 4.20. The maximum absolute atomic E-state index is 12.8. The topological polar surface area (TPSA) is 35.5 Å². The third-order valence-corrected chi connectivity index (χ3v) is 1.61. The van der Waals surface area contributed by atoms with E-state index in [1.54, 1.807) is 11.1 Å². The Morgan fingerprint density at radius 3 is 2.69 bits per heavy atom. The van der Waals surface area contributed by atoms with Crippen LogP contribution in [0.1, 0.15) is 5.56 Å². The fraction of sp³-hybridized carbons (Fsp3) is 0.333. The highest BCUT2D eigenvalue weighted by molar-refractivity contribution is 5.27. The number of hydrogen-bond acceptors (Lipinski definition) is 3. The average molecular weight is 184 g/mol. The molecule has 0 saturated heterocycles. The van der Waals surface area contributed by atoms with Crippen LogP contribution in [0.4, 0.5) is 4.39 Å². The van der Waals surface area contributed by atoms with Crippen molar-refractivity contribution in [1.82, 2.24) is 10.4 Å². The van der Waals surface area contributed by atoms with E-state index in [-0.39, 0.29) is 5.75 Å². The fourth-order valence-electron chi connectivity index (χ4n) is 0.910. The summed E-state index contributed by atoms with van der Waals surface area (Å²) in [6.45, 7) is 0.546.